The number of ether oxygens (including phenoxy) is 1. The van der Waals surface area contributed by atoms with Crippen LogP contribution < -0.4 is 4.74 Å². The van der Waals surface area contributed by atoms with E-state index in [0.29, 0.717) is 12.1 Å². The number of nitrogens with zero attached hydrogens (tertiary/aromatic N) is 2. The first-order valence-electron chi connectivity index (χ1n) is 6.89. The van der Waals surface area contributed by atoms with Crippen molar-refractivity contribution in [3.8, 4) is 5.75 Å². The van der Waals surface area contributed by atoms with Gasteiger partial charge in [-0.15, -0.1) is 0 Å². The third-order valence-corrected chi connectivity index (χ3v) is 3.74. The largest absolute Gasteiger partial charge is 0.497 e. The number of hydrogen-bond donors (Lipinski definition) is 0. The van der Waals surface area contributed by atoms with Crippen molar-refractivity contribution in [2.24, 2.45) is 10.2 Å². The molecule has 0 saturated heterocycles. The molecule has 1 heterocycles. The lowest BCUT2D eigenvalue weighted by molar-refractivity contribution is 0.0956. The molecule has 1 aliphatic heterocycles. The SMILES string of the molecule is COc1ccc([C@H]2CN=N[C@@H]2C(=O)c2ccccc2)cc1. The number of benzene rings is 2. The average Bonchev–Trinajstić information content (AvgIpc) is 3.04. The molecule has 0 fully saturated rings. The molecule has 0 aliphatic carbocycles. The molecule has 0 aromatic heterocycles. The van der Waals surface area contributed by atoms with E-state index < -0.39 is 6.04 Å². The first-order chi connectivity index (χ1) is 10.3. The molecule has 0 amide bonds. The molecule has 1 aliphatic rings. The maximum atomic E-state index is 12.6. The third kappa shape index (κ3) is 2.70. The van der Waals surface area contributed by atoms with Gasteiger partial charge in [-0.25, -0.2) is 0 Å². The van der Waals surface area contributed by atoms with E-state index in [1.165, 1.54) is 0 Å². The molecule has 106 valence electrons. The summed E-state index contributed by atoms with van der Waals surface area (Å²) in [5.74, 6) is 0.831. The summed E-state index contributed by atoms with van der Waals surface area (Å²) in [4.78, 5) is 12.6. The van der Waals surface area contributed by atoms with E-state index in [1.54, 1.807) is 7.11 Å². The van der Waals surface area contributed by atoms with E-state index in [0.717, 1.165) is 11.3 Å². The van der Waals surface area contributed by atoms with Crippen molar-refractivity contribution < 1.29 is 9.53 Å². The van der Waals surface area contributed by atoms with Crippen LogP contribution in [0.25, 0.3) is 0 Å². The summed E-state index contributed by atoms with van der Waals surface area (Å²) in [6.45, 7) is 0.551. The van der Waals surface area contributed by atoms with E-state index in [2.05, 4.69) is 10.2 Å². The van der Waals surface area contributed by atoms with Crippen LogP contribution in [-0.2, 0) is 0 Å². The molecule has 0 spiro atoms. The second-order valence-electron chi connectivity index (χ2n) is 4.99. The maximum Gasteiger partial charge on any atom is 0.189 e. The molecule has 0 radical (unpaired) electrons. The highest BCUT2D eigenvalue weighted by Crippen LogP contribution is 2.31. The second-order valence-corrected chi connectivity index (χ2v) is 4.99. The molecule has 0 N–H and O–H groups in total. The van der Waals surface area contributed by atoms with Crippen LogP contribution in [0.5, 0.6) is 5.75 Å². The minimum absolute atomic E-state index is 0.00334. The van der Waals surface area contributed by atoms with Gasteiger partial charge in [0.1, 0.15) is 11.8 Å². The van der Waals surface area contributed by atoms with Crippen LogP contribution in [0.1, 0.15) is 21.8 Å². The standard InChI is InChI=1S/C17H16N2O2/c1-21-14-9-7-12(8-10-14)15-11-18-19-16(15)17(20)13-5-3-2-4-6-13/h2-10,15-16H,11H2,1H3/t15-,16+/m1/s1. The Morgan fingerprint density at radius 1 is 1.10 bits per heavy atom. The van der Waals surface area contributed by atoms with Crippen molar-refractivity contribution in [2.45, 2.75) is 12.0 Å². The minimum atomic E-state index is -0.430. The Balaban J connectivity index is 1.84. The molecule has 3 rings (SSSR count). The zero-order chi connectivity index (χ0) is 14.7. The molecule has 0 unspecified atom stereocenters. The van der Waals surface area contributed by atoms with Crippen molar-refractivity contribution in [1.82, 2.24) is 0 Å². The second kappa shape index (κ2) is 5.87. The number of Topliss-reactive ketones (excluding diaryl/α,β-unsaturated/α-hetero) is 1. The van der Waals surface area contributed by atoms with Crippen LogP contribution >= 0.6 is 0 Å². The van der Waals surface area contributed by atoms with Crippen LogP contribution in [0, 0.1) is 0 Å². The average molecular weight is 280 g/mol. The van der Waals surface area contributed by atoms with E-state index in [-0.39, 0.29) is 11.7 Å². The minimum Gasteiger partial charge on any atom is -0.497 e. The maximum absolute atomic E-state index is 12.6. The lowest BCUT2D eigenvalue weighted by Gasteiger charge is -2.16. The quantitative estimate of drug-likeness (QED) is 0.805. The highest BCUT2D eigenvalue weighted by molar-refractivity contribution is 6.01. The topological polar surface area (TPSA) is 51.0 Å². The van der Waals surface area contributed by atoms with Gasteiger partial charge in [-0.1, -0.05) is 42.5 Å². The molecule has 0 bridgehead atoms. The normalized spacial score (nSPS) is 20.4. The summed E-state index contributed by atoms with van der Waals surface area (Å²) in [6.07, 6.45) is 0. The summed E-state index contributed by atoms with van der Waals surface area (Å²) in [5, 5.41) is 8.24. The van der Waals surface area contributed by atoms with Gasteiger partial charge in [-0.2, -0.15) is 10.2 Å². The van der Waals surface area contributed by atoms with Crippen molar-refractivity contribution >= 4 is 5.78 Å². The van der Waals surface area contributed by atoms with Crippen LogP contribution in [0.3, 0.4) is 0 Å². The Hall–Kier alpha value is -2.49. The van der Waals surface area contributed by atoms with E-state index in [9.17, 15) is 4.79 Å². The zero-order valence-electron chi connectivity index (χ0n) is 11.8. The smallest absolute Gasteiger partial charge is 0.189 e. The number of carbonyl (C=O) groups excluding carboxylic acids is 1. The van der Waals surface area contributed by atoms with Gasteiger partial charge < -0.3 is 4.74 Å². The van der Waals surface area contributed by atoms with Gasteiger partial charge in [0, 0.05) is 11.5 Å². The monoisotopic (exact) mass is 280 g/mol. The third-order valence-electron chi connectivity index (χ3n) is 3.74. The Bertz CT molecular complexity index is 650. The Labute approximate surface area is 123 Å². The fourth-order valence-corrected chi connectivity index (χ4v) is 2.55. The number of ketones is 1. The fourth-order valence-electron chi connectivity index (χ4n) is 2.55. The Morgan fingerprint density at radius 3 is 2.48 bits per heavy atom. The van der Waals surface area contributed by atoms with E-state index in [1.807, 2.05) is 54.6 Å². The highest BCUT2D eigenvalue weighted by Gasteiger charge is 2.33. The van der Waals surface area contributed by atoms with Gasteiger partial charge in [0.2, 0.25) is 0 Å². The van der Waals surface area contributed by atoms with Gasteiger partial charge in [0.25, 0.3) is 0 Å². The Morgan fingerprint density at radius 2 is 1.81 bits per heavy atom. The lowest BCUT2D eigenvalue weighted by Crippen LogP contribution is -2.24. The Kier molecular flexibility index (Phi) is 3.77. The predicted octanol–water partition coefficient (Wildman–Crippen LogP) is 3.50. The molecule has 4 nitrogen and oxygen atoms in total. The summed E-state index contributed by atoms with van der Waals surface area (Å²) in [5.41, 5.74) is 1.75. The van der Waals surface area contributed by atoms with Gasteiger partial charge in [0.15, 0.2) is 5.78 Å². The molecular formula is C17H16N2O2. The fraction of sp³-hybridized carbons (Fsp3) is 0.235. The van der Waals surface area contributed by atoms with Crippen LogP contribution in [0.2, 0.25) is 0 Å². The highest BCUT2D eigenvalue weighted by atomic mass is 16.5. The van der Waals surface area contributed by atoms with Crippen LogP contribution in [-0.4, -0.2) is 25.5 Å². The summed E-state index contributed by atoms with van der Waals surface area (Å²) >= 11 is 0. The van der Waals surface area contributed by atoms with Crippen molar-refractivity contribution in [3.63, 3.8) is 0 Å². The first kappa shape index (κ1) is 13.5. The van der Waals surface area contributed by atoms with Gasteiger partial charge in [-0.05, 0) is 17.7 Å². The van der Waals surface area contributed by atoms with Crippen molar-refractivity contribution in [2.75, 3.05) is 13.7 Å². The number of rotatable bonds is 4. The molecule has 0 saturated carbocycles. The lowest BCUT2D eigenvalue weighted by atomic mass is 9.88. The zero-order valence-corrected chi connectivity index (χ0v) is 11.8. The van der Waals surface area contributed by atoms with Crippen molar-refractivity contribution in [1.29, 1.82) is 0 Å². The molecule has 21 heavy (non-hydrogen) atoms. The van der Waals surface area contributed by atoms with E-state index >= 15 is 0 Å². The van der Waals surface area contributed by atoms with Crippen LogP contribution in [0.4, 0.5) is 0 Å². The number of hydrogen-bond acceptors (Lipinski definition) is 4. The molecule has 2 atom stereocenters. The number of azo groups is 1. The van der Waals surface area contributed by atoms with Crippen LogP contribution in [0.15, 0.2) is 64.8 Å². The van der Waals surface area contributed by atoms with Gasteiger partial charge >= 0.3 is 0 Å². The molecular weight excluding hydrogens is 264 g/mol. The van der Waals surface area contributed by atoms with Gasteiger partial charge in [0.05, 0.1) is 13.7 Å². The first-order valence-corrected chi connectivity index (χ1v) is 6.89. The molecule has 2 aromatic rings. The summed E-state index contributed by atoms with van der Waals surface area (Å²) in [7, 11) is 1.64. The van der Waals surface area contributed by atoms with Gasteiger partial charge in [-0.3, -0.25) is 4.79 Å². The number of carbonyl (C=O) groups is 1. The molecule has 4 heteroatoms. The van der Waals surface area contributed by atoms with Crippen molar-refractivity contribution in [3.05, 3.63) is 65.7 Å². The number of methoxy groups -OCH3 is 1. The molecule has 2 aromatic carbocycles. The summed E-state index contributed by atoms with van der Waals surface area (Å²) < 4.78 is 5.16. The summed E-state index contributed by atoms with van der Waals surface area (Å²) in [6, 6.07) is 16.6. The predicted molar refractivity (Wildman–Crippen MR) is 80.0 cm³/mol. The van der Waals surface area contributed by atoms with E-state index in [4.69, 9.17) is 4.74 Å².